The van der Waals surface area contributed by atoms with Crippen molar-refractivity contribution in [2.75, 3.05) is 0 Å². The second kappa shape index (κ2) is 3.24. The first kappa shape index (κ1) is 8.56. The molecular formula is C7H4ClFOS. The lowest BCUT2D eigenvalue weighted by atomic mass is 10.2. The van der Waals surface area contributed by atoms with E-state index in [1.54, 1.807) is 0 Å². The Morgan fingerprint density at radius 2 is 2.18 bits per heavy atom. The van der Waals surface area contributed by atoms with Crippen LogP contribution in [0.4, 0.5) is 4.39 Å². The van der Waals surface area contributed by atoms with E-state index < -0.39 is 10.9 Å². The Labute approximate surface area is 73.6 Å². The van der Waals surface area contributed by atoms with Gasteiger partial charge in [-0.2, -0.15) is 0 Å². The van der Waals surface area contributed by atoms with E-state index >= 15 is 0 Å². The van der Waals surface area contributed by atoms with E-state index in [0.29, 0.717) is 5.02 Å². The monoisotopic (exact) mass is 190 g/mol. The number of benzene rings is 1. The SMILES string of the molecule is O=C(S)c1cc(Cl)ccc1F. The van der Waals surface area contributed by atoms with Crippen molar-refractivity contribution in [1.29, 1.82) is 0 Å². The molecule has 0 aromatic heterocycles. The molecule has 0 atom stereocenters. The summed E-state index contributed by atoms with van der Waals surface area (Å²) >= 11 is 8.98. The fraction of sp³-hybridized carbons (Fsp3) is 0. The van der Waals surface area contributed by atoms with Gasteiger partial charge in [0.1, 0.15) is 5.82 Å². The molecule has 0 aliphatic rings. The molecule has 0 saturated heterocycles. The Morgan fingerprint density at radius 3 is 2.64 bits per heavy atom. The summed E-state index contributed by atoms with van der Waals surface area (Å²) in [5.41, 5.74) is -0.0965. The molecule has 1 aromatic rings. The number of hydrogen-bond donors (Lipinski definition) is 1. The molecule has 0 aliphatic carbocycles. The average molecular weight is 191 g/mol. The van der Waals surface area contributed by atoms with Crippen molar-refractivity contribution >= 4 is 29.3 Å². The first-order valence-corrected chi connectivity index (χ1v) is 3.62. The molecule has 0 amide bonds. The maximum Gasteiger partial charge on any atom is 0.219 e. The van der Waals surface area contributed by atoms with E-state index in [0.717, 1.165) is 6.07 Å². The fourth-order valence-electron chi connectivity index (χ4n) is 0.661. The molecular weight excluding hydrogens is 187 g/mol. The van der Waals surface area contributed by atoms with Crippen molar-refractivity contribution in [1.82, 2.24) is 0 Å². The lowest BCUT2D eigenvalue weighted by molar-refractivity contribution is 0.108. The summed E-state index contributed by atoms with van der Waals surface area (Å²) in [6.45, 7) is 0. The second-order valence-electron chi connectivity index (χ2n) is 1.93. The zero-order chi connectivity index (χ0) is 8.43. The van der Waals surface area contributed by atoms with E-state index in [2.05, 4.69) is 12.6 Å². The Bertz CT molecular complexity index is 300. The normalized spacial score (nSPS) is 9.73. The van der Waals surface area contributed by atoms with Crippen LogP contribution in [-0.2, 0) is 0 Å². The Balaban J connectivity index is 3.23. The molecule has 1 rings (SSSR count). The number of carbonyl (C=O) groups excluding carboxylic acids is 1. The molecule has 0 saturated carbocycles. The van der Waals surface area contributed by atoms with Gasteiger partial charge in [0, 0.05) is 5.02 Å². The van der Waals surface area contributed by atoms with Crippen LogP contribution in [-0.4, -0.2) is 5.12 Å². The van der Waals surface area contributed by atoms with E-state index in [9.17, 15) is 9.18 Å². The van der Waals surface area contributed by atoms with Gasteiger partial charge in [-0.3, -0.25) is 4.79 Å². The molecule has 0 radical (unpaired) electrons. The molecule has 1 aromatic carbocycles. The van der Waals surface area contributed by atoms with Gasteiger partial charge in [-0.05, 0) is 18.2 Å². The van der Waals surface area contributed by atoms with Gasteiger partial charge in [0.2, 0.25) is 5.12 Å². The quantitative estimate of drug-likeness (QED) is 0.674. The maximum absolute atomic E-state index is 12.7. The predicted molar refractivity (Wildman–Crippen MR) is 44.7 cm³/mol. The highest BCUT2D eigenvalue weighted by Crippen LogP contribution is 2.15. The van der Waals surface area contributed by atoms with Crippen LogP contribution in [0.15, 0.2) is 18.2 Å². The predicted octanol–water partition coefficient (Wildman–Crippen LogP) is 2.55. The molecule has 11 heavy (non-hydrogen) atoms. The van der Waals surface area contributed by atoms with E-state index in [-0.39, 0.29) is 5.56 Å². The maximum atomic E-state index is 12.7. The molecule has 0 fully saturated rings. The Kier molecular flexibility index (Phi) is 2.52. The van der Waals surface area contributed by atoms with Crippen molar-refractivity contribution in [3.63, 3.8) is 0 Å². The van der Waals surface area contributed by atoms with E-state index in [1.807, 2.05) is 0 Å². The van der Waals surface area contributed by atoms with Crippen molar-refractivity contribution in [2.45, 2.75) is 0 Å². The third-order valence-electron chi connectivity index (χ3n) is 1.16. The van der Waals surface area contributed by atoms with Gasteiger partial charge >= 0.3 is 0 Å². The minimum Gasteiger partial charge on any atom is -0.282 e. The summed E-state index contributed by atoms with van der Waals surface area (Å²) in [4.78, 5) is 10.6. The highest BCUT2D eigenvalue weighted by atomic mass is 35.5. The molecule has 0 N–H and O–H groups in total. The standard InChI is InChI=1S/C7H4ClFOS/c8-4-1-2-6(9)5(3-4)7(10)11/h1-3H,(H,10,11). The number of rotatable bonds is 1. The van der Waals surface area contributed by atoms with Crippen LogP contribution >= 0.6 is 24.2 Å². The summed E-state index contributed by atoms with van der Waals surface area (Å²) in [6.07, 6.45) is 0. The number of carbonyl (C=O) groups is 1. The second-order valence-corrected chi connectivity index (χ2v) is 2.77. The van der Waals surface area contributed by atoms with Crippen LogP contribution in [0.3, 0.4) is 0 Å². The summed E-state index contributed by atoms with van der Waals surface area (Å²) in [5, 5.41) is -0.297. The minimum absolute atomic E-state index is 0.0965. The lowest BCUT2D eigenvalue weighted by Crippen LogP contribution is -1.93. The van der Waals surface area contributed by atoms with Crippen LogP contribution in [0.2, 0.25) is 5.02 Å². The van der Waals surface area contributed by atoms with Gasteiger partial charge in [0.15, 0.2) is 0 Å². The first-order chi connectivity index (χ1) is 5.11. The third-order valence-corrected chi connectivity index (χ3v) is 1.63. The van der Waals surface area contributed by atoms with Crippen LogP contribution in [0.5, 0.6) is 0 Å². The third kappa shape index (κ3) is 1.94. The van der Waals surface area contributed by atoms with E-state index in [1.165, 1.54) is 12.1 Å². The van der Waals surface area contributed by atoms with Gasteiger partial charge in [0.25, 0.3) is 0 Å². The zero-order valence-electron chi connectivity index (χ0n) is 5.34. The number of thiol groups is 1. The topological polar surface area (TPSA) is 17.1 Å². The summed E-state index contributed by atoms with van der Waals surface area (Å²) in [7, 11) is 0. The van der Waals surface area contributed by atoms with Gasteiger partial charge in [-0.1, -0.05) is 11.6 Å². The minimum atomic E-state index is -0.620. The molecule has 1 nitrogen and oxygen atoms in total. The molecule has 58 valence electrons. The smallest absolute Gasteiger partial charge is 0.219 e. The number of halogens is 2. The van der Waals surface area contributed by atoms with Gasteiger partial charge < -0.3 is 0 Å². The van der Waals surface area contributed by atoms with Crippen molar-refractivity contribution in [2.24, 2.45) is 0 Å². The number of hydrogen-bond acceptors (Lipinski definition) is 1. The molecule has 0 bridgehead atoms. The lowest BCUT2D eigenvalue weighted by Gasteiger charge is -1.96. The molecule has 0 spiro atoms. The Morgan fingerprint density at radius 1 is 1.55 bits per heavy atom. The Hall–Kier alpha value is -0.540. The molecule has 4 heteroatoms. The highest BCUT2D eigenvalue weighted by Gasteiger charge is 2.07. The van der Waals surface area contributed by atoms with Crippen LogP contribution < -0.4 is 0 Å². The van der Waals surface area contributed by atoms with Crippen LogP contribution in [0.25, 0.3) is 0 Å². The molecule has 0 aliphatic heterocycles. The summed E-state index contributed by atoms with van der Waals surface area (Å²) in [6, 6.07) is 3.75. The van der Waals surface area contributed by atoms with Gasteiger partial charge in [-0.25, -0.2) is 4.39 Å². The van der Waals surface area contributed by atoms with Gasteiger partial charge in [0.05, 0.1) is 5.56 Å². The van der Waals surface area contributed by atoms with Crippen molar-refractivity contribution in [3.05, 3.63) is 34.6 Å². The first-order valence-electron chi connectivity index (χ1n) is 2.79. The molecule has 0 heterocycles. The zero-order valence-corrected chi connectivity index (χ0v) is 6.99. The van der Waals surface area contributed by atoms with Crippen molar-refractivity contribution in [3.8, 4) is 0 Å². The average Bonchev–Trinajstić information content (AvgIpc) is 1.94. The van der Waals surface area contributed by atoms with Crippen LogP contribution in [0.1, 0.15) is 10.4 Å². The van der Waals surface area contributed by atoms with Crippen LogP contribution in [0, 0.1) is 5.82 Å². The van der Waals surface area contributed by atoms with Gasteiger partial charge in [-0.15, -0.1) is 12.6 Å². The van der Waals surface area contributed by atoms with Crippen molar-refractivity contribution < 1.29 is 9.18 Å². The largest absolute Gasteiger partial charge is 0.282 e. The fourth-order valence-corrected chi connectivity index (χ4v) is 1.00. The van der Waals surface area contributed by atoms with E-state index in [4.69, 9.17) is 11.6 Å². The summed E-state index contributed by atoms with van der Waals surface area (Å²) < 4.78 is 12.7. The molecule has 0 unspecified atom stereocenters. The summed E-state index contributed by atoms with van der Waals surface area (Å²) in [5.74, 6) is -0.602. The highest BCUT2D eigenvalue weighted by molar-refractivity contribution is 7.97.